The van der Waals surface area contributed by atoms with Gasteiger partial charge in [-0.3, -0.25) is 9.97 Å². The normalized spacial score (nSPS) is 11.9. The van der Waals surface area contributed by atoms with Crippen molar-refractivity contribution in [2.45, 2.75) is 13.1 Å². The van der Waals surface area contributed by atoms with Gasteiger partial charge in [0, 0.05) is 29.5 Å². The SMILES string of the molecule is Cc1cc(-c2cnc(Cl)c3cccnc23)ncc1C(F)(F)F. The van der Waals surface area contributed by atoms with Gasteiger partial charge in [0.2, 0.25) is 0 Å². The number of hydrogen-bond acceptors (Lipinski definition) is 3. The van der Waals surface area contributed by atoms with Crippen LogP contribution in [0, 0.1) is 6.92 Å². The molecule has 112 valence electrons. The predicted octanol–water partition coefficient (Wildman–Crippen LogP) is 4.67. The minimum absolute atomic E-state index is 0.0940. The van der Waals surface area contributed by atoms with Gasteiger partial charge in [-0.25, -0.2) is 4.98 Å². The predicted molar refractivity (Wildman–Crippen MR) is 77.5 cm³/mol. The average Bonchev–Trinajstić information content (AvgIpc) is 2.46. The zero-order valence-electron chi connectivity index (χ0n) is 11.3. The fourth-order valence-electron chi connectivity index (χ4n) is 2.23. The minimum atomic E-state index is -4.42. The van der Waals surface area contributed by atoms with E-state index in [1.54, 1.807) is 18.3 Å². The lowest BCUT2D eigenvalue weighted by atomic mass is 10.1. The van der Waals surface area contributed by atoms with Gasteiger partial charge in [0.05, 0.1) is 16.8 Å². The van der Waals surface area contributed by atoms with Crippen molar-refractivity contribution in [1.29, 1.82) is 0 Å². The van der Waals surface area contributed by atoms with Crippen molar-refractivity contribution < 1.29 is 13.2 Å². The monoisotopic (exact) mass is 323 g/mol. The highest BCUT2D eigenvalue weighted by atomic mass is 35.5. The Morgan fingerprint density at radius 2 is 1.86 bits per heavy atom. The molecule has 0 N–H and O–H groups in total. The molecule has 0 atom stereocenters. The fraction of sp³-hybridized carbons (Fsp3) is 0.133. The van der Waals surface area contributed by atoms with Crippen LogP contribution in [-0.2, 0) is 6.18 Å². The number of nitrogens with zero attached hydrogens (tertiary/aromatic N) is 3. The Bertz CT molecular complexity index is 862. The van der Waals surface area contributed by atoms with E-state index in [-0.39, 0.29) is 10.7 Å². The van der Waals surface area contributed by atoms with Gasteiger partial charge in [0.15, 0.2) is 0 Å². The van der Waals surface area contributed by atoms with Crippen molar-refractivity contribution in [2.75, 3.05) is 0 Å². The Balaban J connectivity index is 2.21. The highest BCUT2D eigenvalue weighted by Crippen LogP contribution is 2.34. The largest absolute Gasteiger partial charge is 0.418 e. The molecule has 0 amide bonds. The summed E-state index contributed by atoms with van der Waals surface area (Å²) in [4.78, 5) is 12.2. The van der Waals surface area contributed by atoms with Gasteiger partial charge in [-0.2, -0.15) is 13.2 Å². The molecule has 0 spiro atoms. The van der Waals surface area contributed by atoms with Crippen LogP contribution in [0.1, 0.15) is 11.1 Å². The van der Waals surface area contributed by atoms with E-state index in [2.05, 4.69) is 15.0 Å². The lowest BCUT2D eigenvalue weighted by Gasteiger charge is -2.11. The molecule has 22 heavy (non-hydrogen) atoms. The molecule has 3 nitrogen and oxygen atoms in total. The summed E-state index contributed by atoms with van der Waals surface area (Å²) in [6, 6.07) is 4.84. The summed E-state index contributed by atoms with van der Waals surface area (Å²) in [5.41, 5.74) is 0.802. The summed E-state index contributed by atoms with van der Waals surface area (Å²) < 4.78 is 38.4. The smallest absolute Gasteiger partial charge is 0.255 e. The lowest BCUT2D eigenvalue weighted by Crippen LogP contribution is -2.08. The summed E-state index contributed by atoms with van der Waals surface area (Å²) in [5, 5.41) is 0.913. The van der Waals surface area contributed by atoms with E-state index < -0.39 is 11.7 Å². The minimum Gasteiger partial charge on any atom is -0.255 e. The first-order valence-electron chi connectivity index (χ1n) is 6.31. The second-order valence-corrected chi connectivity index (χ2v) is 5.10. The number of halogens is 4. The van der Waals surface area contributed by atoms with Gasteiger partial charge < -0.3 is 0 Å². The number of pyridine rings is 3. The van der Waals surface area contributed by atoms with E-state index in [1.807, 2.05) is 0 Å². The van der Waals surface area contributed by atoms with Crippen LogP contribution in [0.5, 0.6) is 0 Å². The molecule has 3 heterocycles. The molecule has 0 saturated heterocycles. The summed E-state index contributed by atoms with van der Waals surface area (Å²) in [6.45, 7) is 1.40. The Hall–Kier alpha value is -2.21. The van der Waals surface area contributed by atoms with Crippen LogP contribution >= 0.6 is 11.6 Å². The molecule has 3 aromatic heterocycles. The molecule has 0 unspecified atom stereocenters. The number of rotatable bonds is 1. The maximum atomic E-state index is 12.8. The molecule has 3 aromatic rings. The molecular formula is C15H9ClF3N3. The van der Waals surface area contributed by atoms with Crippen molar-refractivity contribution in [3.05, 3.63) is 53.1 Å². The molecule has 0 aliphatic carbocycles. The second kappa shape index (κ2) is 5.21. The first kappa shape index (κ1) is 14.7. The summed E-state index contributed by atoms with van der Waals surface area (Å²) in [5.74, 6) is 0. The van der Waals surface area contributed by atoms with E-state index in [0.29, 0.717) is 22.2 Å². The summed E-state index contributed by atoms with van der Waals surface area (Å²) >= 11 is 6.01. The third kappa shape index (κ3) is 2.50. The van der Waals surface area contributed by atoms with E-state index in [0.717, 1.165) is 6.20 Å². The Morgan fingerprint density at radius 1 is 1.09 bits per heavy atom. The van der Waals surface area contributed by atoms with Crippen LogP contribution in [0.15, 0.2) is 36.8 Å². The van der Waals surface area contributed by atoms with Crippen molar-refractivity contribution >= 4 is 22.5 Å². The molecular weight excluding hydrogens is 315 g/mol. The zero-order valence-corrected chi connectivity index (χ0v) is 12.1. The topological polar surface area (TPSA) is 38.7 Å². The molecule has 7 heteroatoms. The van der Waals surface area contributed by atoms with Gasteiger partial charge >= 0.3 is 6.18 Å². The van der Waals surface area contributed by atoms with Crippen LogP contribution in [0.4, 0.5) is 13.2 Å². The van der Waals surface area contributed by atoms with Crippen LogP contribution in [0.2, 0.25) is 5.15 Å². The van der Waals surface area contributed by atoms with Crippen LogP contribution in [-0.4, -0.2) is 15.0 Å². The quantitative estimate of drug-likeness (QED) is 0.611. The van der Waals surface area contributed by atoms with Crippen molar-refractivity contribution in [1.82, 2.24) is 15.0 Å². The molecule has 0 fully saturated rings. The molecule has 3 rings (SSSR count). The van der Waals surface area contributed by atoms with Gasteiger partial charge in [0.25, 0.3) is 0 Å². The number of aryl methyl sites for hydroxylation is 1. The molecule has 0 aromatic carbocycles. The van der Waals surface area contributed by atoms with Gasteiger partial charge in [-0.1, -0.05) is 11.6 Å². The summed E-state index contributed by atoms with van der Waals surface area (Å²) in [6.07, 6.45) is -0.548. The molecule has 0 aliphatic heterocycles. The maximum absolute atomic E-state index is 12.8. The van der Waals surface area contributed by atoms with Crippen LogP contribution in [0.3, 0.4) is 0 Å². The maximum Gasteiger partial charge on any atom is 0.418 e. The number of fused-ring (bicyclic) bond motifs is 1. The van der Waals surface area contributed by atoms with Crippen LogP contribution in [0.25, 0.3) is 22.2 Å². The zero-order chi connectivity index (χ0) is 15.9. The molecule has 0 bridgehead atoms. The van der Waals surface area contributed by atoms with E-state index in [4.69, 9.17) is 11.6 Å². The second-order valence-electron chi connectivity index (χ2n) is 4.74. The first-order chi connectivity index (χ1) is 10.4. The van der Waals surface area contributed by atoms with Gasteiger partial charge in [-0.15, -0.1) is 0 Å². The fourth-order valence-corrected chi connectivity index (χ4v) is 2.43. The molecule has 0 saturated carbocycles. The number of aromatic nitrogens is 3. The molecule has 0 aliphatic rings. The van der Waals surface area contributed by atoms with Crippen molar-refractivity contribution in [3.63, 3.8) is 0 Å². The number of hydrogen-bond donors (Lipinski definition) is 0. The van der Waals surface area contributed by atoms with Crippen molar-refractivity contribution in [3.8, 4) is 11.3 Å². The number of alkyl halides is 3. The molecule has 0 radical (unpaired) electrons. The van der Waals surface area contributed by atoms with E-state index in [9.17, 15) is 13.2 Å². The third-order valence-corrected chi connectivity index (χ3v) is 3.59. The standard InChI is InChI=1S/C15H9ClF3N3/c1-8-5-12(21-7-11(8)15(17,18)19)10-6-22-14(16)9-3-2-4-20-13(9)10/h2-7H,1H3. The Kier molecular flexibility index (Phi) is 3.48. The van der Waals surface area contributed by atoms with E-state index in [1.165, 1.54) is 19.2 Å². The Labute approximate surface area is 128 Å². The Morgan fingerprint density at radius 3 is 2.55 bits per heavy atom. The van der Waals surface area contributed by atoms with Gasteiger partial charge in [-0.05, 0) is 30.7 Å². The average molecular weight is 324 g/mol. The first-order valence-corrected chi connectivity index (χ1v) is 6.69. The highest BCUT2D eigenvalue weighted by Gasteiger charge is 2.33. The highest BCUT2D eigenvalue weighted by molar-refractivity contribution is 6.34. The third-order valence-electron chi connectivity index (χ3n) is 3.28. The van der Waals surface area contributed by atoms with Crippen LogP contribution < -0.4 is 0 Å². The van der Waals surface area contributed by atoms with Crippen molar-refractivity contribution in [2.24, 2.45) is 0 Å². The lowest BCUT2D eigenvalue weighted by molar-refractivity contribution is -0.138. The summed E-state index contributed by atoms with van der Waals surface area (Å²) in [7, 11) is 0. The van der Waals surface area contributed by atoms with Gasteiger partial charge in [0.1, 0.15) is 5.15 Å². The van der Waals surface area contributed by atoms with E-state index >= 15 is 0 Å².